The Morgan fingerprint density at radius 2 is 1.43 bits per heavy atom. The van der Waals surface area contributed by atoms with Crippen molar-refractivity contribution in [3.05, 3.63) is 77.9 Å². The molecule has 1 amide bonds. The van der Waals surface area contributed by atoms with Crippen LogP contribution in [0.5, 0.6) is 0 Å². The Hall–Kier alpha value is -2.52. The molecule has 1 heterocycles. The normalized spacial score (nSPS) is 13.8. The summed E-state index contributed by atoms with van der Waals surface area (Å²) in [5, 5.41) is 2.01. The molecule has 0 spiro atoms. The van der Waals surface area contributed by atoms with Crippen molar-refractivity contribution in [2.75, 3.05) is 4.90 Å². The first kappa shape index (κ1) is 12.2. The van der Waals surface area contributed by atoms with E-state index in [1.165, 1.54) is 0 Å². The SMILES string of the molecule is O=C1c2cccc3cccc(c23)C(=S)N1c1ccccc1. The zero-order valence-electron chi connectivity index (χ0n) is 11.1. The number of rotatable bonds is 1. The van der Waals surface area contributed by atoms with Gasteiger partial charge < -0.3 is 0 Å². The lowest BCUT2D eigenvalue weighted by Gasteiger charge is -2.29. The molecule has 0 bridgehead atoms. The summed E-state index contributed by atoms with van der Waals surface area (Å²) in [6, 6.07) is 21.3. The van der Waals surface area contributed by atoms with Crippen molar-refractivity contribution in [1.29, 1.82) is 0 Å². The van der Waals surface area contributed by atoms with E-state index in [0.29, 0.717) is 10.6 Å². The van der Waals surface area contributed by atoms with Crippen LogP contribution in [0.3, 0.4) is 0 Å². The Kier molecular flexibility index (Phi) is 2.62. The molecule has 0 atom stereocenters. The van der Waals surface area contributed by atoms with E-state index in [2.05, 4.69) is 0 Å². The van der Waals surface area contributed by atoms with Gasteiger partial charge in [0.05, 0.1) is 5.69 Å². The molecule has 0 unspecified atom stereocenters. The Labute approximate surface area is 127 Å². The van der Waals surface area contributed by atoms with E-state index in [-0.39, 0.29) is 5.91 Å². The second kappa shape index (κ2) is 4.50. The number of carbonyl (C=O) groups is 1. The standard InChI is InChI=1S/C18H11NOS/c20-17-14-10-4-6-12-7-5-11-15(16(12)14)18(21)19(17)13-8-2-1-3-9-13/h1-11H. The number of anilines is 1. The Morgan fingerprint density at radius 3 is 2.14 bits per heavy atom. The van der Waals surface area contributed by atoms with Gasteiger partial charge >= 0.3 is 0 Å². The molecular weight excluding hydrogens is 278 g/mol. The van der Waals surface area contributed by atoms with E-state index in [0.717, 1.165) is 22.0 Å². The van der Waals surface area contributed by atoms with Gasteiger partial charge in [-0.3, -0.25) is 9.69 Å². The van der Waals surface area contributed by atoms with Gasteiger partial charge in [-0.2, -0.15) is 0 Å². The predicted octanol–water partition coefficient (Wildman–Crippen LogP) is 4.18. The van der Waals surface area contributed by atoms with E-state index in [1.54, 1.807) is 4.90 Å². The summed E-state index contributed by atoms with van der Waals surface area (Å²) in [7, 11) is 0. The van der Waals surface area contributed by atoms with Crippen LogP contribution >= 0.6 is 12.2 Å². The van der Waals surface area contributed by atoms with Crippen LogP contribution in [0, 0.1) is 0 Å². The highest BCUT2D eigenvalue weighted by atomic mass is 32.1. The number of nitrogens with zero attached hydrogens (tertiary/aromatic N) is 1. The molecule has 0 N–H and O–H groups in total. The fraction of sp³-hybridized carbons (Fsp3) is 0. The van der Waals surface area contributed by atoms with Crippen LogP contribution in [-0.2, 0) is 0 Å². The van der Waals surface area contributed by atoms with Gasteiger partial charge in [0.25, 0.3) is 5.91 Å². The van der Waals surface area contributed by atoms with Crippen LogP contribution in [0.25, 0.3) is 10.8 Å². The average molecular weight is 289 g/mol. The van der Waals surface area contributed by atoms with Crippen LogP contribution in [0.15, 0.2) is 66.7 Å². The third-order valence-corrected chi connectivity index (χ3v) is 4.19. The van der Waals surface area contributed by atoms with Gasteiger partial charge in [0, 0.05) is 16.5 Å². The maximum Gasteiger partial charge on any atom is 0.264 e. The smallest absolute Gasteiger partial charge is 0.264 e. The fourth-order valence-electron chi connectivity index (χ4n) is 2.84. The molecule has 100 valence electrons. The maximum absolute atomic E-state index is 12.9. The molecule has 0 fully saturated rings. The van der Waals surface area contributed by atoms with Crippen molar-refractivity contribution < 1.29 is 4.79 Å². The van der Waals surface area contributed by atoms with Crippen molar-refractivity contribution in [1.82, 2.24) is 0 Å². The number of carbonyl (C=O) groups excluding carboxylic acids is 1. The third-order valence-electron chi connectivity index (χ3n) is 3.79. The molecule has 2 nitrogen and oxygen atoms in total. The van der Waals surface area contributed by atoms with E-state index in [9.17, 15) is 4.79 Å². The maximum atomic E-state index is 12.9. The van der Waals surface area contributed by atoms with Crippen molar-refractivity contribution in [2.45, 2.75) is 0 Å². The van der Waals surface area contributed by atoms with Crippen LogP contribution < -0.4 is 4.90 Å². The zero-order valence-corrected chi connectivity index (χ0v) is 11.9. The molecule has 0 aliphatic carbocycles. The van der Waals surface area contributed by atoms with Gasteiger partial charge in [-0.1, -0.05) is 60.7 Å². The number of thiocarbonyl (C=S) groups is 1. The molecule has 0 saturated carbocycles. The van der Waals surface area contributed by atoms with Crippen molar-refractivity contribution in [3.8, 4) is 0 Å². The second-order valence-corrected chi connectivity index (χ2v) is 5.38. The van der Waals surface area contributed by atoms with Gasteiger partial charge in [0.2, 0.25) is 0 Å². The highest BCUT2D eigenvalue weighted by Gasteiger charge is 2.30. The molecule has 4 rings (SSSR count). The van der Waals surface area contributed by atoms with E-state index in [1.807, 2.05) is 66.7 Å². The minimum Gasteiger partial charge on any atom is -0.268 e. The molecule has 3 aromatic carbocycles. The lowest BCUT2D eigenvalue weighted by molar-refractivity contribution is 0.100. The van der Waals surface area contributed by atoms with Gasteiger partial charge in [0.1, 0.15) is 4.99 Å². The summed E-state index contributed by atoms with van der Waals surface area (Å²) in [4.78, 5) is 15.0. The largest absolute Gasteiger partial charge is 0.268 e. The molecule has 3 heteroatoms. The van der Waals surface area contributed by atoms with Crippen LogP contribution in [0.4, 0.5) is 5.69 Å². The lowest BCUT2D eigenvalue weighted by Crippen LogP contribution is -2.39. The third kappa shape index (κ3) is 1.71. The lowest BCUT2D eigenvalue weighted by atomic mass is 9.94. The minimum atomic E-state index is -0.0597. The first-order valence-corrected chi connectivity index (χ1v) is 7.14. The summed E-state index contributed by atoms with van der Waals surface area (Å²) >= 11 is 5.58. The van der Waals surface area contributed by atoms with Crippen molar-refractivity contribution in [3.63, 3.8) is 0 Å². The molecule has 21 heavy (non-hydrogen) atoms. The van der Waals surface area contributed by atoms with Crippen LogP contribution in [0.2, 0.25) is 0 Å². The molecule has 0 aromatic heterocycles. The molecule has 1 aliphatic heterocycles. The summed E-state index contributed by atoms with van der Waals surface area (Å²) in [5.74, 6) is -0.0597. The first-order chi connectivity index (χ1) is 10.3. The van der Waals surface area contributed by atoms with Crippen molar-refractivity contribution >= 4 is 39.6 Å². The number of hydrogen-bond donors (Lipinski definition) is 0. The Balaban J connectivity index is 2.02. The van der Waals surface area contributed by atoms with E-state index < -0.39 is 0 Å². The Bertz CT molecular complexity index is 835. The molecule has 1 aliphatic rings. The molecule has 0 saturated heterocycles. The van der Waals surface area contributed by atoms with Gasteiger partial charge in [-0.05, 0) is 23.6 Å². The van der Waals surface area contributed by atoms with Crippen LogP contribution in [0.1, 0.15) is 15.9 Å². The van der Waals surface area contributed by atoms with Crippen LogP contribution in [-0.4, -0.2) is 10.9 Å². The number of amides is 1. The Morgan fingerprint density at radius 1 is 0.762 bits per heavy atom. The monoisotopic (exact) mass is 289 g/mol. The van der Waals surface area contributed by atoms with Gasteiger partial charge in [0.15, 0.2) is 0 Å². The molecular formula is C18H11NOS. The topological polar surface area (TPSA) is 20.3 Å². The zero-order chi connectivity index (χ0) is 14.4. The second-order valence-electron chi connectivity index (χ2n) is 4.99. The van der Waals surface area contributed by atoms with Crippen molar-refractivity contribution in [2.24, 2.45) is 0 Å². The predicted molar refractivity (Wildman–Crippen MR) is 88.9 cm³/mol. The summed E-state index contributed by atoms with van der Waals surface area (Å²) in [5.41, 5.74) is 2.46. The quantitative estimate of drug-likeness (QED) is 0.626. The highest BCUT2D eigenvalue weighted by Crippen LogP contribution is 2.32. The highest BCUT2D eigenvalue weighted by molar-refractivity contribution is 7.81. The summed E-state index contributed by atoms with van der Waals surface area (Å²) < 4.78 is 0. The molecule has 3 aromatic rings. The van der Waals surface area contributed by atoms with Gasteiger partial charge in [-0.15, -0.1) is 0 Å². The van der Waals surface area contributed by atoms with Gasteiger partial charge in [-0.25, -0.2) is 0 Å². The number of para-hydroxylation sites is 1. The molecule has 0 radical (unpaired) electrons. The summed E-state index contributed by atoms with van der Waals surface area (Å²) in [6.45, 7) is 0. The number of benzene rings is 3. The van der Waals surface area contributed by atoms with E-state index >= 15 is 0 Å². The van der Waals surface area contributed by atoms with E-state index in [4.69, 9.17) is 12.2 Å². The number of hydrogen-bond acceptors (Lipinski definition) is 2. The fourth-order valence-corrected chi connectivity index (χ4v) is 3.20. The first-order valence-electron chi connectivity index (χ1n) is 6.73. The average Bonchev–Trinajstić information content (AvgIpc) is 2.54. The minimum absolute atomic E-state index is 0.0597. The summed E-state index contributed by atoms with van der Waals surface area (Å²) in [6.07, 6.45) is 0.